The average molecular weight is 422 g/mol. The summed E-state index contributed by atoms with van der Waals surface area (Å²) in [5.41, 5.74) is 1.83. The Morgan fingerprint density at radius 2 is 1.83 bits per heavy atom. The van der Waals surface area contributed by atoms with E-state index >= 15 is 0 Å². The standard InChI is InChI=1S/C21H31N3O4S/c1-16-7-9-18(10-8-16)15-29(27,28)23-12-4-13-24(17(2)25)20-6-3-5-19(20)21(26)22-11-14-23/h7-10,19-20H,3-6,11-15H2,1-2H3,(H,22,26)/t19-,20+/m1/s1. The molecule has 8 heteroatoms. The van der Waals surface area contributed by atoms with Gasteiger partial charge in [-0.1, -0.05) is 36.2 Å². The highest BCUT2D eigenvalue weighted by atomic mass is 32.2. The average Bonchev–Trinajstić information content (AvgIpc) is 3.13. The molecule has 0 aromatic heterocycles. The largest absolute Gasteiger partial charge is 0.354 e. The second-order valence-electron chi connectivity index (χ2n) is 8.10. The van der Waals surface area contributed by atoms with E-state index in [1.165, 1.54) is 11.2 Å². The number of fused-ring (bicyclic) bond motifs is 1. The first-order valence-electron chi connectivity index (χ1n) is 10.4. The predicted octanol–water partition coefficient (Wildman–Crippen LogP) is 1.66. The van der Waals surface area contributed by atoms with Crippen molar-refractivity contribution in [1.82, 2.24) is 14.5 Å². The SMILES string of the molecule is CC(=O)N1CCCN(S(=O)(=O)Cc2ccc(C)cc2)CCNC(=O)[C@@H]2CCC[C@@H]21. The van der Waals surface area contributed by atoms with Gasteiger partial charge >= 0.3 is 0 Å². The van der Waals surface area contributed by atoms with Crippen LogP contribution in [0.1, 0.15) is 43.7 Å². The van der Waals surface area contributed by atoms with Gasteiger partial charge in [-0.3, -0.25) is 9.59 Å². The van der Waals surface area contributed by atoms with Crippen molar-refractivity contribution in [3.63, 3.8) is 0 Å². The highest BCUT2D eigenvalue weighted by molar-refractivity contribution is 7.88. The lowest BCUT2D eigenvalue weighted by Gasteiger charge is -2.31. The van der Waals surface area contributed by atoms with Gasteiger partial charge in [0.2, 0.25) is 21.8 Å². The minimum Gasteiger partial charge on any atom is -0.354 e. The molecular weight excluding hydrogens is 390 g/mol. The molecule has 0 radical (unpaired) electrons. The van der Waals surface area contributed by atoms with E-state index in [4.69, 9.17) is 0 Å². The fraction of sp³-hybridized carbons (Fsp3) is 0.619. The Kier molecular flexibility index (Phi) is 6.95. The summed E-state index contributed by atoms with van der Waals surface area (Å²) in [6, 6.07) is 7.39. The van der Waals surface area contributed by atoms with E-state index in [0.717, 1.165) is 30.4 Å². The Balaban J connectivity index is 1.75. The molecular formula is C21H31N3O4S. The number of nitrogens with zero attached hydrogens (tertiary/aromatic N) is 2. The maximum atomic E-state index is 13.0. The highest BCUT2D eigenvalue weighted by Crippen LogP contribution is 2.31. The molecule has 1 heterocycles. The summed E-state index contributed by atoms with van der Waals surface area (Å²) in [6.45, 7) is 4.84. The first-order chi connectivity index (χ1) is 13.8. The second-order valence-corrected chi connectivity index (χ2v) is 10.1. The van der Waals surface area contributed by atoms with Crippen molar-refractivity contribution in [2.24, 2.45) is 5.92 Å². The number of nitrogens with one attached hydrogen (secondary N) is 1. The fourth-order valence-electron chi connectivity index (χ4n) is 4.40. The van der Waals surface area contributed by atoms with Gasteiger partial charge in [-0.2, -0.15) is 4.31 Å². The molecule has 1 aromatic carbocycles. The monoisotopic (exact) mass is 421 g/mol. The number of aryl methyl sites for hydroxylation is 1. The van der Waals surface area contributed by atoms with Crippen LogP contribution in [-0.2, 0) is 25.4 Å². The van der Waals surface area contributed by atoms with Crippen molar-refractivity contribution in [3.8, 4) is 0 Å². The summed E-state index contributed by atoms with van der Waals surface area (Å²) in [5.74, 6) is -0.391. The molecule has 2 atom stereocenters. The number of sulfonamides is 1. The second kappa shape index (κ2) is 9.26. The summed E-state index contributed by atoms with van der Waals surface area (Å²) in [5, 5.41) is 2.90. The van der Waals surface area contributed by atoms with Crippen LogP contribution in [0.4, 0.5) is 0 Å². The molecule has 2 amide bonds. The van der Waals surface area contributed by atoms with Crippen LogP contribution < -0.4 is 5.32 Å². The summed E-state index contributed by atoms with van der Waals surface area (Å²) >= 11 is 0. The minimum atomic E-state index is -3.52. The van der Waals surface area contributed by atoms with Gasteiger partial charge in [0, 0.05) is 39.1 Å². The third kappa shape index (κ3) is 5.36. The summed E-state index contributed by atoms with van der Waals surface area (Å²) in [4.78, 5) is 26.6. The molecule has 7 nitrogen and oxygen atoms in total. The molecule has 0 bridgehead atoms. The fourth-order valence-corrected chi connectivity index (χ4v) is 5.98. The van der Waals surface area contributed by atoms with E-state index in [0.29, 0.717) is 19.5 Å². The van der Waals surface area contributed by atoms with Crippen molar-refractivity contribution in [3.05, 3.63) is 35.4 Å². The zero-order valence-electron chi connectivity index (χ0n) is 17.3. The quantitative estimate of drug-likeness (QED) is 0.804. The number of rotatable bonds is 3. The van der Waals surface area contributed by atoms with Crippen LogP contribution in [0.5, 0.6) is 0 Å². The molecule has 2 aliphatic rings. The molecule has 1 N–H and O–H groups in total. The third-order valence-corrected chi connectivity index (χ3v) is 7.80. The molecule has 0 spiro atoms. The Hall–Kier alpha value is -1.93. The van der Waals surface area contributed by atoms with E-state index in [2.05, 4.69) is 5.32 Å². The summed E-state index contributed by atoms with van der Waals surface area (Å²) in [7, 11) is -3.52. The molecule has 1 saturated carbocycles. The Morgan fingerprint density at radius 1 is 1.10 bits per heavy atom. The molecule has 160 valence electrons. The first kappa shape index (κ1) is 21.8. The predicted molar refractivity (Wildman–Crippen MR) is 112 cm³/mol. The van der Waals surface area contributed by atoms with Gasteiger partial charge in [0.1, 0.15) is 0 Å². The number of carbonyl (C=O) groups excluding carboxylic acids is 2. The van der Waals surface area contributed by atoms with Gasteiger partial charge < -0.3 is 10.2 Å². The molecule has 1 saturated heterocycles. The zero-order chi connectivity index (χ0) is 21.0. The van der Waals surface area contributed by atoms with E-state index in [9.17, 15) is 18.0 Å². The normalized spacial score (nSPS) is 24.5. The van der Waals surface area contributed by atoms with Crippen LogP contribution in [0.25, 0.3) is 0 Å². The number of carbonyl (C=O) groups is 2. The Morgan fingerprint density at radius 3 is 2.52 bits per heavy atom. The molecule has 29 heavy (non-hydrogen) atoms. The van der Waals surface area contributed by atoms with Crippen molar-refractivity contribution in [1.29, 1.82) is 0 Å². The molecule has 1 aliphatic carbocycles. The van der Waals surface area contributed by atoms with Gasteiger partial charge in [-0.05, 0) is 31.7 Å². The van der Waals surface area contributed by atoms with E-state index in [1.54, 1.807) is 4.90 Å². The smallest absolute Gasteiger partial charge is 0.225 e. The van der Waals surface area contributed by atoms with E-state index < -0.39 is 10.0 Å². The summed E-state index contributed by atoms with van der Waals surface area (Å²) in [6.07, 6.45) is 3.09. The maximum Gasteiger partial charge on any atom is 0.225 e. The van der Waals surface area contributed by atoms with Gasteiger partial charge in [-0.15, -0.1) is 0 Å². The first-order valence-corrected chi connectivity index (χ1v) is 12.0. The lowest BCUT2D eigenvalue weighted by molar-refractivity contribution is -0.134. The van der Waals surface area contributed by atoms with Crippen molar-refractivity contribution in [2.75, 3.05) is 26.2 Å². The van der Waals surface area contributed by atoms with Crippen molar-refractivity contribution in [2.45, 2.75) is 51.3 Å². The van der Waals surface area contributed by atoms with Gasteiger partial charge in [0.05, 0.1) is 11.7 Å². The minimum absolute atomic E-state index is 0.0528. The summed E-state index contributed by atoms with van der Waals surface area (Å²) < 4.78 is 27.5. The molecule has 3 rings (SSSR count). The van der Waals surface area contributed by atoms with Crippen LogP contribution >= 0.6 is 0 Å². The topological polar surface area (TPSA) is 86.8 Å². The van der Waals surface area contributed by atoms with Gasteiger partial charge in [0.15, 0.2) is 0 Å². The Bertz CT molecular complexity index is 838. The number of amides is 2. The molecule has 1 aromatic rings. The maximum absolute atomic E-state index is 13.0. The van der Waals surface area contributed by atoms with Crippen LogP contribution in [0.2, 0.25) is 0 Å². The van der Waals surface area contributed by atoms with Crippen molar-refractivity contribution < 1.29 is 18.0 Å². The van der Waals surface area contributed by atoms with Crippen molar-refractivity contribution >= 4 is 21.8 Å². The number of benzene rings is 1. The van der Waals surface area contributed by atoms with E-state index in [1.807, 2.05) is 31.2 Å². The third-order valence-electron chi connectivity index (χ3n) is 5.95. The van der Waals surface area contributed by atoms with Gasteiger partial charge in [-0.25, -0.2) is 8.42 Å². The molecule has 2 fully saturated rings. The lowest BCUT2D eigenvalue weighted by Crippen LogP contribution is -2.46. The number of hydrogen-bond acceptors (Lipinski definition) is 4. The Labute approximate surface area is 173 Å². The van der Waals surface area contributed by atoms with Crippen LogP contribution in [0, 0.1) is 12.8 Å². The van der Waals surface area contributed by atoms with E-state index in [-0.39, 0.29) is 42.6 Å². The molecule has 0 unspecified atom stereocenters. The lowest BCUT2D eigenvalue weighted by atomic mass is 10.0. The highest BCUT2D eigenvalue weighted by Gasteiger charge is 2.38. The van der Waals surface area contributed by atoms with Crippen LogP contribution in [0.15, 0.2) is 24.3 Å². The van der Waals surface area contributed by atoms with Gasteiger partial charge in [0.25, 0.3) is 0 Å². The zero-order valence-corrected chi connectivity index (χ0v) is 18.1. The van der Waals surface area contributed by atoms with Crippen LogP contribution in [0.3, 0.4) is 0 Å². The molecule has 1 aliphatic heterocycles. The van der Waals surface area contributed by atoms with Crippen LogP contribution in [-0.4, -0.2) is 61.7 Å². The number of hydrogen-bond donors (Lipinski definition) is 1.